The van der Waals surface area contributed by atoms with E-state index in [0.29, 0.717) is 9.26 Å². The summed E-state index contributed by atoms with van der Waals surface area (Å²) < 4.78 is 22.4. The number of primary sulfonamides is 1. The third kappa shape index (κ3) is 2.08. The quantitative estimate of drug-likeness (QED) is 0.585. The third-order valence-electron chi connectivity index (χ3n) is 1.26. The Bertz CT molecular complexity index is 402. The molecule has 0 bridgehead atoms. The van der Waals surface area contributed by atoms with Gasteiger partial charge in [0.2, 0.25) is 10.0 Å². The summed E-state index contributed by atoms with van der Waals surface area (Å²) in [7, 11) is -3.64. The minimum absolute atomic E-state index is 0.0723. The standard InChI is InChI=1S/C6H7IN2O2S/c7-5-2-1-4(8)3-6(5)12(9,10)11/h1-3H,8H2,(H2,9,10,11). The zero-order chi connectivity index (χ0) is 9.35. The molecule has 12 heavy (non-hydrogen) atoms. The second-order valence-electron chi connectivity index (χ2n) is 2.23. The fourth-order valence-electron chi connectivity index (χ4n) is 0.738. The lowest BCUT2D eigenvalue weighted by atomic mass is 10.3. The number of nitrogen functional groups attached to an aromatic ring is 1. The molecule has 1 aromatic rings. The van der Waals surface area contributed by atoms with Gasteiger partial charge in [-0.1, -0.05) is 0 Å². The summed E-state index contributed by atoms with van der Waals surface area (Å²) in [4.78, 5) is 0.0723. The number of hydrogen-bond acceptors (Lipinski definition) is 3. The number of benzene rings is 1. The number of halogens is 1. The van der Waals surface area contributed by atoms with Gasteiger partial charge in [-0.25, -0.2) is 13.6 Å². The largest absolute Gasteiger partial charge is 0.399 e. The van der Waals surface area contributed by atoms with Crippen molar-refractivity contribution >= 4 is 38.3 Å². The van der Waals surface area contributed by atoms with Crippen molar-refractivity contribution in [1.82, 2.24) is 0 Å². The molecule has 0 atom stereocenters. The molecule has 0 aliphatic rings. The number of hydrogen-bond donors (Lipinski definition) is 2. The van der Waals surface area contributed by atoms with E-state index in [2.05, 4.69) is 0 Å². The van der Waals surface area contributed by atoms with Gasteiger partial charge < -0.3 is 5.73 Å². The van der Waals surface area contributed by atoms with Gasteiger partial charge in [-0.2, -0.15) is 0 Å². The van der Waals surface area contributed by atoms with Crippen LogP contribution in [0.2, 0.25) is 0 Å². The van der Waals surface area contributed by atoms with Gasteiger partial charge in [0.05, 0.1) is 4.90 Å². The van der Waals surface area contributed by atoms with Crippen LogP contribution in [0.3, 0.4) is 0 Å². The van der Waals surface area contributed by atoms with Crippen molar-refractivity contribution in [2.75, 3.05) is 5.73 Å². The molecule has 1 aromatic carbocycles. The van der Waals surface area contributed by atoms with E-state index >= 15 is 0 Å². The van der Waals surface area contributed by atoms with Gasteiger partial charge >= 0.3 is 0 Å². The number of nitrogens with two attached hydrogens (primary N) is 2. The van der Waals surface area contributed by atoms with Gasteiger partial charge in [0.15, 0.2) is 0 Å². The zero-order valence-corrected chi connectivity index (χ0v) is 8.96. The van der Waals surface area contributed by atoms with Crippen molar-refractivity contribution in [3.63, 3.8) is 0 Å². The van der Waals surface area contributed by atoms with Crippen molar-refractivity contribution in [1.29, 1.82) is 0 Å². The van der Waals surface area contributed by atoms with Crippen LogP contribution in [0, 0.1) is 3.57 Å². The Morgan fingerprint density at radius 2 is 1.92 bits per heavy atom. The molecule has 66 valence electrons. The van der Waals surface area contributed by atoms with Crippen LogP contribution in [0.5, 0.6) is 0 Å². The molecule has 4 N–H and O–H groups in total. The van der Waals surface area contributed by atoms with Gasteiger partial charge in [-0.05, 0) is 40.8 Å². The average Bonchev–Trinajstić information content (AvgIpc) is 1.92. The topological polar surface area (TPSA) is 86.2 Å². The molecule has 0 aromatic heterocycles. The zero-order valence-electron chi connectivity index (χ0n) is 5.99. The Morgan fingerprint density at radius 3 is 2.33 bits per heavy atom. The third-order valence-corrected chi connectivity index (χ3v) is 3.52. The van der Waals surface area contributed by atoms with E-state index in [0.717, 1.165) is 0 Å². The normalized spacial score (nSPS) is 11.5. The van der Waals surface area contributed by atoms with Crippen LogP contribution >= 0.6 is 22.6 Å². The SMILES string of the molecule is Nc1ccc(I)c(S(N)(=O)=O)c1. The highest BCUT2D eigenvalue weighted by molar-refractivity contribution is 14.1. The minimum atomic E-state index is -3.64. The summed E-state index contributed by atoms with van der Waals surface area (Å²) in [6.45, 7) is 0. The van der Waals surface area contributed by atoms with Crippen molar-refractivity contribution in [3.8, 4) is 0 Å². The van der Waals surface area contributed by atoms with Crippen LogP contribution in [0.25, 0.3) is 0 Å². The molecule has 0 aliphatic carbocycles. The second kappa shape index (κ2) is 3.19. The van der Waals surface area contributed by atoms with Crippen LogP contribution < -0.4 is 10.9 Å². The van der Waals surface area contributed by atoms with Crippen LogP contribution in [0.4, 0.5) is 5.69 Å². The molecule has 0 fully saturated rings. The Labute approximate surface area is 84.1 Å². The molecular weight excluding hydrogens is 291 g/mol. The Balaban J connectivity index is 3.43. The van der Waals surface area contributed by atoms with E-state index in [1.165, 1.54) is 6.07 Å². The van der Waals surface area contributed by atoms with Gasteiger partial charge in [-0.3, -0.25) is 0 Å². The maximum Gasteiger partial charge on any atom is 0.239 e. The molecule has 0 saturated carbocycles. The van der Waals surface area contributed by atoms with Crippen molar-refractivity contribution in [2.24, 2.45) is 5.14 Å². The minimum Gasteiger partial charge on any atom is -0.399 e. The Morgan fingerprint density at radius 1 is 1.33 bits per heavy atom. The highest BCUT2D eigenvalue weighted by Crippen LogP contribution is 2.19. The highest BCUT2D eigenvalue weighted by atomic mass is 127. The van der Waals surface area contributed by atoms with Gasteiger partial charge in [0, 0.05) is 9.26 Å². The maximum atomic E-state index is 10.9. The molecule has 4 nitrogen and oxygen atoms in total. The first-order valence-electron chi connectivity index (χ1n) is 2.99. The predicted octanol–water partition coefficient (Wildman–Crippen LogP) is 0.521. The Hall–Kier alpha value is -0.340. The molecule has 0 amide bonds. The van der Waals surface area contributed by atoms with E-state index < -0.39 is 10.0 Å². The first-order valence-corrected chi connectivity index (χ1v) is 5.61. The summed E-state index contributed by atoms with van der Waals surface area (Å²) in [6, 6.07) is 4.57. The number of anilines is 1. The second-order valence-corrected chi connectivity index (χ2v) is 4.93. The van der Waals surface area contributed by atoms with Crippen LogP contribution in [0.1, 0.15) is 0 Å². The van der Waals surface area contributed by atoms with Gasteiger partial charge in [0.1, 0.15) is 0 Å². The number of rotatable bonds is 1. The van der Waals surface area contributed by atoms with Crippen LogP contribution in [-0.2, 0) is 10.0 Å². The van der Waals surface area contributed by atoms with E-state index in [1.807, 2.05) is 22.6 Å². The molecular formula is C6H7IN2O2S. The molecule has 0 saturated heterocycles. The van der Waals surface area contributed by atoms with Crippen molar-refractivity contribution in [2.45, 2.75) is 4.90 Å². The molecule has 0 heterocycles. The lowest BCUT2D eigenvalue weighted by Crippen LogP contribution is -2.13. The lowest BCUT2D eigenvalue weighted by Gasteiger charge is -2.01. The van der Waals surface area contributed by atoms with E-state index in [-0.39, 0.29) is 4.90 Å². The predicted molar refractivity (Wildman–Crippen MR) is 54.9 cm³/mol. The molecule has 1 rings (SSSR count). The maximum absolute atomic E-state index is 10.9. The van der Waals surface area contributed by atoms with E-state index in [9.17, 15) is 8.42 Å². The van der Waals surface area contributed by atoms with Crippen LogP contribution in [0.15, 0.2) is 23.1 Å². The molecule has 0 radical (unpaired) electrons. The first-order chi connectivity index (χ1) is 5.41. The van der Waals surface area contributed by atoms with E-state index in [4.69, 9.17) is 10.9 Å². The molecule has 0 unspecified atom stereocenters. The molecule has 0 spiro atoms. The summed E-state index contributed by atoms with van der Waals surface area (Å²) in [5, 5.41) is 4.94. The van der Waals surface area contributed by atoms with E-state index in [1.54, 1.807) is 12.1 Å². The fourth-order valence-corrected chi connectivity index (χ4v) is 2.63. The molecule has 6 heteroatoms. The highest BCUT2D eigenvalue weighted by Gasteiger charge is 2.11. The lowest BCUT2D eigenvalue weighted by molar-refractivity contribution is 0.597. The van der Waals surface area contributed by atoms with Crippen molar-refractivity contribution < 1.29 is 8.42 Å². The Kier molecular flexibility index (Phi) is 2.59. The van der Waals surface area contributed by atoms with Gasteiger partial charge in [0.25, 0.3) is 0 Å². The van der Waals surface area contributed by atoms with Crippen molar-refractivity contribution in [3.05, 3.63) is 21.8 Å². The number of sulfonamides is 1. The van der Waals surface area contributed by atoms with Gasteiger partial charge in [-0.15, -0.1) is 0 Å². The fraction of sp³-hybridized carbons (Fsp3) is 0. The summed E-state index contributed by atoms with van der Waals surface area (Å²) >= 11 is 1.89. The summed E-state index contributed by atoms with van der Waals surface area (Å²) in [5.41, 5.74) is 5.79. The summed E-state index contributed by atoms with van der Waals surface area (Å²) in [6.07, 6.45) is 0. The van der Waals surface area contributed by atoms with Crippen LogP contribution in [-0.4, -0.2) is 8.42 Å². The smallest absolute Gasteiger partial charge is 0.239 e. The summed E-state index contributed by atoms with van der Waals surface area (Å²) in [5.74, 6) is 0. The molecule has 0 aliphatic heterocycles. The monoisotopic (exact) mass is 298 g/mol. The average molecular weight is 298 g/mol. The first kappa shape index (κ1) is 9.75.